The predicted molar refractivity (Wildman–Crippen MR) is 33.2 cm³/mol. The SMILES string of the molecule is CC(F)(F)C(=N)/C=C(/N)O. The van der Waals surface area contributed by atoms with Crippen molar-refractivity contribution in [2.45, 2.75) is 12.8 Å². The van der Waals surface area contributed by atoms with Crippen molar-refractivity contribution in [2.75, 3.05) is 0 Å². The summed E-state index contributed by atoms with van der Waals surface area (Å²) >= 11 is 0. The Kier molecular flexibility index (Phi) is 2.34. The average Bonchev–Trinajstić information content (AvgIpc) is 1.60. The van der Waals surface area contributed by atoms with E-state index in [4.69, 9.17) is 10.5 Å². The van der Waals surface area contributed by atoms with Crippen molar-refractivity contribution in [1.29, 1.82) is 5.41 Å². The molecule has 0 aromatic heterocycles. The van der Waals surface area contributed by atoms with E-state index >= 15 is 0 Å². The van der Waals surface area contributed by atoms with E-state index in [0.29, 0.717) is 13.0 Å². The summed E-state index contributed by atoms with van der Waals surface area (Å²) in [5.41, 5.74) is 3.63. The van der Waals surface area contributed by atoms with Crippen LogP contribution in [0.2, 0.25) is 0 Å². The van der Waals surface area contributed by atoms with E-state index in [1.807, 2.05) is 0 Å². The van der Waals surface area contributed by atoms with Gasteiger partial charge in [-0.3, -0.25) is 5.41 Å². The summed E-state index contributed by atoms with van der Waals surface area (Å²) < 4.78 is 24.1. The zero-order valence-corrected chi connectivity index (χ0v) is 5.36. The van der Waals surface area contributed by atoms with Crippen molar-refractivity contribution in [3.63, 3.8) is 0 Å². The highest BCUT2D eigenvalue weighted by atomic mass is 19.3. The van der Waals surface area contributed by atoms with Crippen LogP contribution >= 0.6 is 0 Å². The number of alkyl halides is 2. The van der Waals surface area contributed by atoms with Crippen molar-refractivity contribution in [3.8, 4) is 0 Å². The van der Waals surface area contributed by atoms with Gasteiger partial charge < -0.3 is 10.8 Å². The Morgan fingerprint density at radius 1 is 1.70 bits per heavy atom. The molecule has 5 heteroatoms. The maximum atomic E-state index is 12.0. The summed E-state index contributed by atoms with van der Waals surface area (Å²) in [6.07, 6.45) is 0.500. The molecule has 0 aliphatic carbocycles. The monoisotopic (exact) mass is 150 g/mol. The van der Waals surface area contributed by atoms with Gasteiger partial charge in [-0.15, -0.1) is 0 Å². The minimum atomic E-state index is -3.24. The third-order valence-corrected chi connectivity index (χ3v) is 0.765. The minimum absolute atomic E-state index is 0.500. The Bertz CT molecular complexity index is 167. The van der Waals surface area contributed by atoms with Crippen LogP contribution in [0.3, 0.4) is 0 Å². The number of hydrogen-bond donors (Lipinski definition) is 3. The van der Waals surface area contributed by atoms with Gasteiger partial charge in [0.1, 0.15) is 5.71 Å². The van der Waals surface area contributed by atoms with Gasteiger partial charge in [0, 0.05) is 13.0 Å². The Morgan fingerprint density at radius 2 is 2.10 bits per heavy atom. The number of hydrogen-bond acceptors (Lipinski definition) is 3. The predicted octanol–water partition coefficient (Wildman–Crippen LogP) is 1.02. The second-order valence-electron chi connectivity index (χ2n) is 1.87. The van der Waals surface area contributed by atoms with Crippen LogP contribution in [0.1, 0.15) is 6.92 Å². The molecule has 0 atom stereocenters. The molecule has 0 bridgehead atoms. The fraction of sp³-hybridized carbons (Fsp3) is 0.400. The van der Waals surface area contributed by atoms with Crippen molar-refractivity contribution in [3.05, 3.63) is 12.0 Å². The fourth-order valence-electron chi connectivity index (χ4n) is 0.275. The van der Waals surface area contributed by atoms with Crippen LogP contribution in [0.25, 0.3) is 0 Å². The molecule has 58 valence electrons. The quantitative estimate of drug-likeness (QED) is 0.406. The van der Waals surface area contributed by atoms with Crippen LogP contribution in [-0.4, -0.2) is 16.7 Å². The first-order valence-corrected chi connectivity index (χ1v) is 2.47. The van der Waals surface area contributed by atoms with Gasteiger partial charge in [0.25, 0.3) is 5.92 Å². The molecule has 0 radical (unpaired) electrons. The third kappa shape index (κ3) is 3.01. The highest BCUT2D eigenvalue weighted by Crippen LogP contribution is 2.13. The molecule has 0 spiro atoms. The summed E-state index contributed by atoms with van der Waals surface area (Å²) in [5.74, 6) is -4.03. The van der Waals surface area contributed by atoms with E-state index in [9.17, 15) is 8.78 Å². The number of aliphatic hydroxyl groups is 1. The largest absolute Gasteiger partial charge is 0.495 e. The van der Waals surface area contributed by atoms with Crippen LogP contribution in [0.5, 0.6) is 0 Å². The zero-order chi connectivity index (χ0) is 8.36. The van der Waals surface area contributed by atoms with Gasteiger partial charge in [0.15, 0.2) is 5.88 Å². The highest BCUT2D eigenvalue weighted by Gasteiger charge is 2.26. The normalized spacial score (nSPS) is 13.3. The van der Waals surface area contributed by atoms with Gasteiger partial charge in [-0.25, -0.2) is 0 Å². The lowest BCUT2D eigenvalue weighted by Crippen LogP contribution is -2.22. The molecule has 0 unspecified atom stereocenters. The first kappa shape index (κ1) is 8.87. The van der Waals surface area contributed by atoms with Crippen molar-refractivity contribution in [2.24, 2.45) is 5.73 Å². The maximum Gasteiger partial charge on any atom is 0.286 e. The van der Waals surface area contributed by atoms with Crippen molar-refractivity contribution < 1.29 is 13.9 Å². The van der Waals surface area contributed by atoms with Gasteiger partial charge in [-0.1, -0.05) is 0 Å². The lowest BCUT2D eigenvalue weighted by Gasteiger charge is -2.06. The molecule has 0 amide bonds. The average molecular weight is 150 g/mol. The first-order valence-electron chi connectivity index (χ1n) is 2.47. The fourth-order valence-corrected chi connectivity index (χ4v) is 0.275. The standard InChI is InChI=1S/C5H8F2N2O/c1-5(6,7)3(8)2-4(9)10/h2,8,10H,9H2,1H3/b4-2-,8-3?. The number of halogens is 2. The minimum Gasteiger partial charge on any atom is -0.495 e. The lowest BCUT2D eigenvalue weighted by molar-refractivity contribution is 0.100. The third-order valence-electron chi connectivity index (χ3n) is 0.765. The first-order chi connectivity index (χ1) is 4.34. The molecule has 0 rings (SSSR count). The Balaban J connectivity index is 4.27. The van der Waals surface area contributed by atoms with Crippen LogP contribution in [0.15, 0.2) is 12.0 Å². The number of nitrogens with two attached hydrogens (primary N) is 1. The number of allylic oxidation sites excluding steroid dienone is 1. The molecule has 0 saturated carbocycles. The summed E-state index contributed by atoms with van der Waals surface area (Å²) in [6.45, 7) is 0.550. The van der Waals surface area contributed by atoms with Crippen molar-refractivity contribution in [1.82, 2.24) is 0 Å². The van der Waals surface area contributed by atoms with E-state index in [1.54, 1.807) is 0 Å². The van der Waals surface area contributed by atoms with Crippen LogP contribution < -0.4 is 5.73 Å². The Hall–Kier alpha value is -1.13. The number of rotatable bonds is 2. The molecular weight excluding hydrogens is 142 g/mol. The van der Waals surface area contributed by atoms with Crippen LogP contribution in [0, 0.1) is 5.41 Å². The molecule has 4 N–H and O–H groups in total. The van der Waals surface area contributed by atoms with E-state index in [1.165, 1.54) is 0 Å². The Morgan fingerprint density at radius 3 is 2.20 bits per heavy atom. The summed E-state index contributed by atoms with van der Waals surface area (Å²) in [6, 6.07) is 0. The molecule has 0 saturated heterocycles. The molecule has 0 aromatic carbocycles. The van der Waals surface area contributed by atoms with Gasteiger partial charge in [-0.05, 0) is 0 Å². The van der Waals surface area contributed by atoms with E-state index in [-0.39, 0.29) is 0 Å². The van der Waals surface area contributed by atoms with Crippen molar-refractivity contribution >= 4 is 5.71 Å². The van der Waals surface area contributed by atoms with Crippen LogP contribution in [-0.2, 0) is 0 Å². The van der Waals surface area contributed by atoms with Crippen LogP contribution in [0.4, 0.5) is 8.78 Å². The summed E-state index contributed by atoms with van der Waals surface area (Å²) in [4.78, 5) is 0. The van der Waals surface area contributed by atoms with Gasteiger partial charge in [0.05, 0.1) is 0 Å². The van der Waals surface area contributed by atoms with Gasteiger partial charge in [0.2, 0.25) is 0 Å². The van der Waals surface area contributed by atoms with Gasteiger partial charge in [-0.2, -0.15) is 8.78 Å². The lowest BCUT2D eigenvalue weighted by atomic mass is 10.2. The highest BCUT2D eigenvalue weighted by molar-refractivity contribution is 5.97. The number of nitrogens with one attached hydrogen (secondary N) is 1. The maximum absolute atomic E-state index is 12.0. The summed E-state index contributed by atoms with van der Waals surface area (Å²) in [5, 5.41) is 14.9. The smallest absolute Gasteiger partial charge is 0.286 e. The molecule has 0 aromatic rings. The van der Waals surface area contributed by atoms with E-state index in [2.05, 4.69) is 5.73 Å². The van der Waals surface area contributed by atoms with E-state index < -0.39 is 17.5 Å². The molecule has 3 nitrogen and oxygen atoms in total. The second-order valence-corrected chi connectivity index (χ2v) is 1.87. The second kappa shape index (κ2) is 2.64. The molecule has 10 heavy (non-hydrogen) atoms. The zero-order valence-electron chi connectivity index (χ0n) is 5.36. The Labute approximate surface area is 56.7 Å². The topological polar surface area (TPSA) is 70.1 Å². The number of aliphatic hydroxyl groups excluding tert-OH is 1. The van der Waals surface area contributed by atoms with E-state index in [0.717, 1.165) is 0 Å². The molecule has 0 aliphatic heterocycles. The molecule has 0 fully saturated rings. The summed E-state index contributed by atoms with van der Waals surface area (Å²) in [7, 11) is 0. The molecule has 0 aliphatic rings. The molecular formula is C5H8F2N2O. The van der Waals surface area contributed by atoms with Gasteiger partial charge >= 0.3 is 0 Å². The molecule has 0 heterocycles.